The summed E-state index contributed by atoms with van der Waals surface area (Å²) in [5, 5.41) is 1.72. The molecule has 1 heterocycles. The third kappa shape index (κ3) is 5.11. The van der Waals surface area contributed by atoms with Gasteiger partial charge in [-0.2, -0.15) is 17.5 Å². The molecule has 1 aliphatic rings. The van der Waals surface area contributed by atoms with Gasteiger partial charge in [-0.3, -0.25) is 9.69 Å². The van der Waals surface area contributed by atoms with Gasteiger partial charge in [-0.05, 0) is 12.1 Å². The SMILES string of the molecule is O=C(CN1CCN(S(=O)(=O)c2c(F)cccc2F)CC1)NCC(F)(F)F. The number of hydrogen-bond donors (Lipinski definition) is 1. The Balaban J connectivity index is 1.95. The first kappa shape index (κ1) is 20.5. The number of piperazine rings is 1. The molecule has 1 aliphatic heterocycles. The minimum Gasteiger partial charge on any atom is -0.346 e. The lowest BCUT2D eigenvalue weighted by molar-refractivity contribution is -0.139. The lowest BCUT2D eigenvalue weighted by Crippen LogP contribution is -2.51. The van der Waals surface area contributed by atoms with Crippen LogP contribution in [-0.4, -0.2) is 69.0 Å². The second-order valence-corrected chi connectivity index (χ2v) is 7.50. The van der Waals surface area contributed by atoms with E-state index in [1.54, 1.807) is 5.32 Å². The van der Waals surface area contributed by atoms with E-state index in [2.05, 4.69) is 0 Å². The number of halogens is 5. The van der Waals surface area contributed by atoms with Crippen LogP contribution < -0.4 is 5.32 Å². The van der Waals surface area contributed by atoms with Crippen molar-refractivity contribution in [2.75, 3.05) is 39.3 Å². The van der Waals surface area contributed by atoms with Crippen LogP contribution in [0.25, 0.3) is 0 Å². The molecule has 146 valence electrons. The highest BCUT2D eigenvalue weighted by atomic mass is 32.2. The van der Waals surface area contributed by atoms with Crippen molar-refractivity contribution in [3.05, 3.63) is 29.8 Å². The van der Waals surface area contributed by atoms with E-state index < -0.39 is 45.2 Å². The normalized spacial score (nSPS) is 17.3. The van der Waals surface area contributed by atoms with Gasteiger partial charge in [0.15, 0.2) is 4.90 Å². The van der Waals surface area contributed by atoms with Crippen molar-refractivity contribution in [2.24, 2.45) is 0 Å². The monoisotopic (exact) mass is 401 g/mol. The van der Waals surface area contributed by atoms with Crippen molar-refractivity contribution >= 4 is 15.9 Å². The van der Waals surface area contributed by atoms with Gasteiger partial charge in [0.2, 0.25) is 15.9 Å². The molecule has 0 unspecified atom stereocenters. The van der Waals surface area contributed by atoms with Gasteiger partial charge in [-0.25, -0.2) is 17.2 Å². The Labute approximate surface area is 146 Å². The molecule has 0 aliphatic carbocycles. The summed E-state index contributed by atoms with van der Waals surface area (Å²) >= 11 is 0. The van der Waals surface area contributed by atoms with Crippen molar-refractivity contribution in [1.29, 1.82) is 0 Å². The predicted octanol–water partition coefficient (Wildman–Crippen LogP) is 0.950. The minimum absolute atomic E-state index is 0.0364. The molecule has 0 bridgehead atoms. The van der Waals surface area contributed by atoms with Gasteiger partial charge in [-0.15, -0.1) is 0 Å². The van der Waals surface area contributed by atoms with E-state index in [4.69, 9.17) is 0 Å². The molecule has 0 aromatic heterocycles. The number of carbonyl (C=O) groups excluding carboxylic acids is 1. The highest BCUT2D eigenvalue weighted by molar-refractivity contribution is 7.89. The average molecular weight is 401 g/mol. The first-order valence-corrected chi connectivity index (χ1v) is 8.94. The van der Waals surface area contributed by atoms with E-state index in [0.29, 0.717) is 0 Å². The fraction of sp³-hybridized carbons (Fsp3) is 0.500. The Hall–Kier alpha value is -1.79. The van der Waals surface area contributed by atoms with Crippen LogP contribution >= 0.6 is 0 Å². The molecule has 1 saturated heterocycles. The molecular weight excluding hydrogens is 385 g/mol. The predicted molar refractivity (Wildman–Crippen MR) is 80.6 cm³/mol. The number of nitrogens with zero attached hydrogens (tertiary/aromatic N) is 2. The molecule has 1 fully saturated rings. The van der Waals surface area contributed by atoms with Crippen LogP contribution in [0.4, 0.5) is 22.0 Å². The van der Waals surface area contributed by atoms with Gasteiger partial charge in [0, 0.05) is 26.2 Å². The molecular formula is C14H16F5N3O3S. The van der Waals surface area contributed by atoms with E-state index in [-0.39, 0.29) is 32.7 Å². The molecule has 1 N–H and O–H groups in total. The van der Waals surface area contributed by atoms with Gasteiger partial charge in [0.05, 0.1) is 6.54 Å². The standard InChI is InChI=1S/C14H16F5N3O3S/c15-10-2-1-3-11(16)13(10)26(24,25)22-6-4-21(5-7-22)8-12(23)20-9-14(17,18)19/h1-3H,4-9H2,(H,20,23). The Bertz CT molecular complexity index is 741. The maximum Gasteiger partial charge on any atom is 0.405 e. The Morgan fingerprint density at radius 3 is 2.12 bits per heavy atom. The fourth-order valence-electron chi connectivity index (χ4n) is 2.44. The van der Waals surface area contributed by atoms with Crippen LogP contribution in [0.3, 0.4) is 0 Å². The van der Waals surface area contributed by atoms with Crippen molar-refractivity contribution in [2.45, 2.75) is 11.1 Å². The average Bonchev–Trinajstić information content (AvgIpc) is 2.52. The number of amides is 1. The Morgan fingerprint density at radius 2 is 1.62 bits per heavy atom. The van der Waals surface area contributed by atoms with E-state index in [1.165, 1.54) is 4.90 Å². The van der Waals surface area contributed by atoms with Crippen LogP contribution in [0.15, 0.2) is 23.1 Å². The zero-order chi connectivity index (χ0) is 19.5. The van der Waals surface area contributed by atoms with Crippen LogP contribution in [0, 0.1) is 11.6 Å². The number of alkyl halides is 3. The lowest BCUT2D eigenvalue weighted by Gasteiger charge is -2.33. The summed E-state index contributed by atoms with van der Waals surface area (Å²) in [5.41, 5.74) is 0. The minimum atomic E-state index is -4.52. The van der Waals surface area contributed by atoms with Gasteiger partial charge < -0.3 is 5.32 Å². The Morgan fingerprint density at radius 1 is 1.08 bits per heavy atom. The summed E-state index contributed by atoms with van der Waals surface area (Å²) in [6, 6.07) is 2.70. The number of hydrogen-bond acceptors (Lipinski definition) is 4. The van der Waals surface area contributed by atoms with Crippen molar-refractivity contribution < 1.29 is 35.2 Å². The van der Waals surface area contributed by atoms with Crippen molar-refractivity contribution in [1.82, 2.24) is 14.5 Å². The summed E-state index contributed by atoms with van der Waals surface area (Å²) in [5.74, 6) is -3.27. The summed E-state index contributed by atoms with van der Waals surface area (Å²) in [6.07, 6.45) is -4.52. The van der Waals surface area contributed by atoms with Crippen LogP contribution in [0.2, 0.25) is 0 Å². The summed E-state index contributed by atoms with van der Waals surface area (Å²) in [6.45, 7) is -2.01. The van der Waals surface area contributed by atoms with E-state index in [0.717, 1.165) is 22.5 Å². The smallest absolute Gasteiger partial charge is 0.346 e. The van der Waals surface area contributed by atoms with Gasteiger partial charge in [0.25, 0.3) is 0 Å². The molecule has 26 heavy (non-hydrogen) atoms. The van der Waals surface area contributed by atoms with Crippen LogP contribution in [-0.2, 0) is 14.8 Å². The molecule has 1 amide bonds. The molecule has 0 radical (unpaired) electrons. The number of sulfonamides is 1. The topological polar surface area (TPSA) is 69.7 Å². The van der Waals surface area contributed by atoms with Crippen LogP contribution in [0.5, 0.6) is 0 Å². The Kier molecular flexibility index (Phi) is 6.19. The van der Waals surface area contributed by atoms with Crippen molar-refractivity contribution in [3.63, 3.8) is 0 Å². The number of nitrogens with one attached hydrogen (secondary N) is 1. The molecule has 0 spiro atoms. The molecule has 2 rings (SSSR count). The second-order valence-electron chi connectivity index (χ2n) is 5.62. The van der Waals surface area contributed by atoms with E-state index in [1.807, 2.05) is 0 Å². The first-order chi connectivity index (χ1) is 12.0. The zero-order valence-electron chi connectivity index (χ0n) is 13.4. The van der Waals surface area contributed by atoms with Crippen LogP contribution in [0.1, 0.15) is 0 Å². The largest absolute Gasteiger partial charge is 0.405 e. The molecule has 12 heteroatoms. The highest BCUT2D eigenvalue weighted by Crippen LogP contribution is 2.23. The molecule has 6 nitrogen and oxygen atoms in total. The summed E-state index contributed by atoms with van der Waals surface area (Å²) in [4.78, 5) is 11.9. The quantitative estimate of drug-likeness (QED) is 0.746. The number of rotatable bonds is 5. The first-order valence-electron chi connectivity index (χ1n) is 7.50. The molecule has 0 atom stereocenters. The highest BCUT2D eigenvalue weighted by Gasteiger charge is 2.33. The maximum atomic E-state index is 13.7. The van der Waals surface area contributed by atoms with Crippen molar-refractivity contribution in [3.8, 4) is 0 Å². The van der Waals surface area contributed by atoms with Gasteiger partial charge in [-0.1, -0.05) is 6.07 Å². The third-order valence-electron chi connectivity index (χ3n) is 3.70. The van der Waals surface area contributed by atoms with E-state index in [9.17, 15) is 35.2 Å². The lowest BCUT2D eigenvalue weighted by atomic mass is 10.3. The second kappa shape index (κ2) is 7.84. The molecule has 1 aromatic carbocycles. The third-order valence-corrected chi connectivity index (χ3v) is 5.65. The summed E-state index contributed by atoms with van der Waals surface area (Å²) in [7, 11) is -4.40. The molecule has 1 aromatic rings. The van der Waals surface area contributed by atoms with Gasteiger partial charge >= 0.3 is 6.18 Å². The fourth-order valence-corrected chi connectivity index (χ4v) is 3.98. The van der Waals surface area contributed by atoms with Gasteiger partial charge in [0.1, 0.15) is 18.2 Å². The maximum absolute atomic E-state index is 13.7. The molecule has 0 saturated carbocycles. The zero-order valence-corrected chi connectivity index (χ0v) is 14.2. The summed E-state index contributed by atoms with van der Waals surface area (Å²) < 4.78 is 89.2. The number of carbonyl (C=O) groups is 1. The number of benzene rings is 1. The van der Waals surface area contributed by atoms with E-state index >= 15 is 0 Å².